The first-order valence-electron chi connectivity index (χ1n) is 8.62. The number of rotatable bonds is 8. The smallest absolute Gasteiger partial charge is 0.344 e. The third-order valence-corrected chi connectivity index (χ3v) is 4.15. The molecule has 9 nitrogen and oxygen atoms in total. The molecule has 9 heteroatoms. The zero-order valence-corrected chi connectivity index (χ0v) is 15.5. The van der Waals surface area contributed by atoms with Crippen molar-refractivity contribution < 1.29 is 28.7 Å². The minimum absolute atomic E-state index is 0.0171. The van der Waals surface area contributed by atoms with Gasteiger partial charge in [-0.1, -0.05) is 19.1 Å². The Hall–Kier alpha value is -3.10. The summed E-state index contributed by atoms with van der Waals surface area (Å²) in [7, 11) is 0. The molecule has 1 aromatic rings. The second-order valence-electron chi connectivity index (χ2n) is 6.21. The Balaban J connectivity index is 1.80. The Labute approximate surface area is 157 Å². The molecule has 0 aromatic heterocycles. The van der Waals surface area contributed by atoms with Crippen molar-refractivity contribution in [3.05, 3.63) is 29.8 Å². The van der Waals surface area contributed by atoms with Gasteiger partial charge in [-0.15, -0.1) is 0 Å². The molecule has 0 saturated carbocycles. The summed E-state index contributed by atoms with van der Waals surface area (Å²) in [5.41, 5.74) is 1.79. The predicted octanol–water partition coefficient (Wildman–Crippen LogP) is 0.923. The number of nitrogens with zero attached hydrogens (tertiary/aromatic N) is 1. The van der Waals surface area contributed by atoms with Gasteiger partial charge < -0.3 is 14.8 Å². The lowest BCUT2D eigenvalue weighted by Gasteiger charge is -2.19. The molecule has 1 aliphatic heterocycles. The quantitative estimate of drug-likeness (QED) is 0.514. The molecule has 1 aliphatic rings. The van der Waals surface area contributed by atoms with Crippen molar-refractivity contribution in [1.82, 2.24) is 15.8 Å². The maximum atomic E-state index is 12.2. The summed E-state index contributed by atoms with van der Waals surface area (Å²) in [5.74, 6) is -1.26. The zero-order valence-electron chi connectivity index (χ0n) is 15.5. The average molecular weight is 377 g/mol. The Morgan fingerprint density at radius 1 is 1.19 bits per heavy atom. The van der Waals surface area contributed by atoms with Crippen molar-refractivity contribution in [3.63, 3.8) is 0 Å². The lowest BCUT2D eigenvalue weighted by Crippen LogP contribution is -2.49. The summed E-state index contributed by atoms with van der Waals surface area (Å²) >= 11 is 0. The van der Waals surface area contributed by atoms with Gasteiger partial charge in [-0.3, -0.25) is 19.8 Å². The van der Waals surface area contributed by atoms with Gasteiger partial charge in [0, 0.05) is 0 Å². The summed E-state index contributed by atoms with van der Waals surface area (Å²) in [5, 5.41) is 3.10. The van der Waals surface area contributed by atoms with Gasteiger partial charge in [0.1, 0.15) is 11.3 Å². The van der Waals surface area contributed by atoms with Crippen molar-refractivity contribution in [2.24, 2.45) is 0 Å². The van der Waals surface area contributed by atoms with E-state index in [0.717, 1.165) is 0 Å². The number of esters is 1. The van der Waals surface area contributed by atoms with Crippen LogP contribution >= 0.6 is 0 Å². The fourth-order valence-corrected chi connectivity index (χ4v) is 2.42. The molecule has 0 bridgehead atoms. The predicted molar refractivity (Wildman–Crippen MR) is 94.5 cm³/mol. The van der Waals surface area contributed by atoms with Crippen LogP contribution in [0.1, 0.15) is 32.8 Å². The van der Waals surface area contributed by atoms with E-state index in [2.05, 4.69) is 10.7 Å². The van der Waals surface area contributed by atoms with Crippen LogP contribution in [0.2, 0.25) is 0 Å². The molecular weight excluding hydrogens is 354 g/mol. The van der Waals surface area contributed by atoms with Crippen molar-refractivity contribution >= 4 is 23.8 Å². The number of hydrazine groups is 1. The Morgan fingerprint density at radius 3 is 2.41 bits per heavy atom. The number of imide groups is 1. The molecule has 2 rings (SSSR count). The summed E-state index contributed by atoms with van der Waals surface area (Å²) in [6.07, 6.45) is 0.359. The highest BCUT2D eigenvalue weighted by molar-refractivity contribution is 6.07. The highest BCUT2D eigenvalue weighted by Gasteiger charge is 2.47. The van der Waals surface area contributed by atoms with E-state index in [1.165, 1.54) is 0 Å². The van der Waals surface area contributed by atoms with Crippen molar-refractivity contribution in [2.75, 3.05) is 13.2 Å². The van der Waals surface area contributed by atoms with Gasteiger partial charge in [0.2, 0.25) is 0 Å². The van der Waals surface area contributed by atoms with E-state index >= 15 is 0 Å². The third kappa shape index (κ3) is 4.96. The standard InChI is InChI=1S/C18H23N3O6/c1-4-18(3)16(24)21(17(25)19-18)20-14(22)11-27-15(23)10-12-6-8-13(9-7-12)26-5-2/h6-9H,4-5,10-11H2,1-3H3,(H,19,25)(H,20,22). The first kappa shape index (κ1) is 20.2. The SMILES string of the molecule is CCOc1ccc(CC(=O)OCC(=O)NN2C(=O)NC(C)(CC)C2=O)cc1. The van der Waals surface area contributed by atoms with E-state index in [-0.39, 0.29) is 6.42 Å². The van der Waals surface area contributed by atoms with E-state index < -0.39 is 36.0 Å². The fraction of sp³-hybridized carbons (Fsp3) is 0.444. The van der Waals surface area contributed by atoms with Crippen LogP contribution in [-0.4, -0.2) is 47.6 Å². The number of carbonyl (C=O) groups is 4. The van der Waals surface area contributed by atoms with Crippen molar-refractivity contribution in [2.45, 2.75) is 39.2 Å². The van der Waals surface area contributed by atoms with Crippen LogP contribution in [0.3, 0.4) is 0 Å². The van der Waals surface area contributed by atoms with Gasteiger partial charge >= 0.3 is 12.0 Å². The molecule has 0 spiro atoms. The van der Waals surface area contributed by atoms with E-state index in [1.54, 1.807) is 38.1 Å². The number of nitrogens with one attached hydrogen (secondary N) is 2. The average Bonchev–Trinajstić information content (AvgIpc) is 2.85. The molecule has 2 N–H and O–H groups in total. The molecule has 1 unspecified atom stereocenters. The molecule has 146 valence electrons. The van der Waals surface area contributed by atoms with Crippen molar-refractivity contribution in [3.8, 4) is 5.75 Å². The van der Waals surface area contributed by atoms with Gasteiger partial charge in [-0.2, -0.15) is 5.01 Å². The Morgan fingerprint density at radius 2 is 1.85 bits per heavy atom. The van der Waals surface area contributed by atoms with Crippen molar-refractivity contribution in [1.29, 1.82) is 0 Å². The number of hydrogen-bond donors (Lipinski definition) is 2. The summed E-state index contributed by atoms with van der Waals surface area (Å²) in [6, 6.07) is 6.21. The first-order valence-corrected chi connectivity index (χ1v) is 8.62. The number of carbonyl (C=O) groups excluding carboxylic acids is 4. The number of hydrogen-bond acceptors (Lipinski definition) is 6. The molecule has 4 amide bonds. The topological polar surface area (TPSA) is 114 Å². The fourth-order valence-electron chi connectivity index (χ4n) is 2.42. The minimum Gasteiger partial charge on any atom is -0.494 e. The Kier molecular flexibility index (Phi) is 6.38. The van der Waals surface area contributed by atoms with Crippen LogP contribution in [-0.2, 0) is 25.5 Å². The van der Waals surface area contributed by atoms with Gasteiger partial charge in [-0.25, -0.2) is 4.79 Å². The Bertz CT molecular complexity index is 733. The highest BCUT2D eigenvalue weighted by Crippen LogP contribution is 2.19. The van der Waals surface area contributed by atoms with Crippen LogP contribution < -0.4 is 15.5 Å². The van der Waals surface area contributed by atoms with Crippen LogP contribution in [0.15, 0.2) is 24.3 Å². The third-order valence-electron chi connectivity index (χ3n) is 4.15. The molecule has 1 atom stereocenters. The van der Waals surface area contributed by atoms with Gasteiger partial charge in [0.05, 0.1) is 13.0 Å². The van der Waals surface area contributed by atoms with E-state index in [1.807, 2.05) is 6.92 Å². The number of benzene rings is 1. The van der Waals surface area contributed by atoms with E-state index in [9.17, 15) is 19.2 Å². The largest absolute Gasteiger partial charge is 0.494 e. The van der Waals surface area contributed by atoms with Gasteiger partial charge in [0.15, 0.2) is 6.61 Å². The highest BCUT2D eigenvalue weighted by atomic mass is 16.5. The van der Waals surface area contributed by atoms with Crippen LogP contribution in [0.4, 0.5) is 4.79 Å². The van der Waals surface area contributed by atoms with Gasteiger partial charge in [0.25, 0.3) is 11.8 Å². The molecule has 0 aliphatic carbocycles. The lowest BCUT2D eigenvalue weighted by molar-refractivity contribution is -0.150. The molecule has 1 saturated heterocycles. The zero-order chi connectivity index (χ0) is 20.0. The summed E-state index contributed by atoms with van der Waals surface area (Å²) < 4.78 is 10.2. The second kappa shape index (κ2) is 8.52. The maximum Gasteiger partial charge on any atom is 0.344 e. The molecule has 27 heavy (non-hydrogen) atoms. The molecule has 1 aromatic carbocycles. The van der Waals surface area contributed by atoms with Gasteiger partial charge in [-0.05, 0) is 38.0 Å². The molecule has 0 radical (unpaired) electrons. The monoisotopic (exact) mass is 377 g/mol. The van der Waals surface area contributed by atoms with E-state index in [0.29, 0.717) is 29.3 Å². The molecule has 1 heterocycles. The summed E-state index contributed by atoms with van der Waals surface area (Å²) in [6.45, 7) is 5.13. The van der Waals surface area contributed by atoms with Crippen LogP contribution in [0.5, 0.6) is 5.75 Å². The number of amides is 4. The lowest BCUT2D eigenvalue weighted by atomic mass is 10.00. The number of urea groups is 1. The maximum absolute atomic E-state index is 12.2. The van der Waals surface area contributed by atoms with E-state index in [4.69, 9.17) is 9.47 Å². The number of ether oxygens (including phenoxy) is 2. The second-order valence-corrected chi connectivity index (χ2v) is 6.21. The molecule has 1 fully saturated rings. The normalized spacial score (nSPS) is 18.9. The van der Waals surface area contributed by atoms with Crippen LogP contribution in [0.25, 0.3) is 0 Å². The van der Waals surface area contributed by atoms with Crippen LogP contribution in [0, 0.1) is 0 Å². The summed E-state index contributed by atoms with van der Waals surface area (Å²) in [4.78, 5) is 47.7. The first-order chi connectivity index (χ1) is 12.8. The minimum atomic E-state index is -1.06. The molecular formula is C18H23N3O6.